The predicted molar refractivity (Wildman–Crippen MR) is 76.9 cm³/mol. The Morgan fingerprint density at radius 1 is 1.43 bits per heavy atom. The fourth-order valence-electron chi connectivity index (χ4n) is 2.92. The molecule has 1 aromatic heterocycles. The third kappa shape index (κ3) is 4.21. The van der Waals surface area contributed by atoms with Gasteiger partial charge in [0, 0.05) is 31.9 Å². The number of urea groups is 1. The summed E-state index contributed by atoms with van der Waals surface area (Å²) in [5, 5.41) is 18.7. The van der Waals surface area contributed by atoms with Crippen LogP contribution in [0.25, 0.3) is 0 Å². The Labute approximate surface area is 123 Å². The van der Waals surface area contributed by atoms with E-state index in [4.69, 9.17) is 5.11 Å². The lowest BCUT2D eigenvalue weighted by Gasteiger charge is -2.28. The first kappa shape index (κ1) is 15.3. The Balaban J connectivity index is 1.80. The first-order valence-electron chi connectivity index (χ1n) is 7.25. The lowest BCUT2D eigenvalue weighted by atomic mass is 9.93. The molecular formula is C14H22N4O3. The van der Waals surface area contributed by atoms with E-state index in [-0.39, 0.29) is 12.5 Å². The summed E-state index contributed by atoms with van der Waals surface area (Å²) in [4.78, 5) is 22.9. The molecule has 0 saturated heterocycles. The van der Waals surface area contributed by atoms with Crippen LogP contribution in [0, 0.1) is 0 Å². The number of aliphatic carboxylic acids is 1. The largest absolute Gasteiger partial charge is 0.481 e. The summed E-state index contributed by atoms with van der Waals surface area (Å²) >= 11 is 0. The number of nitrogens with zero attached hydrogens (tertiary/aromatic N) is 2. The Morgan fingerprint density at radius 3 is 2.71 bits per heavy atom. The van der Waals surface area contributed by atoms with Gasteiger partial charge in [0.05, 0.1) is 12.0 Å². The van der Waals surface area contributed by atoms with Gasteiger partial charge in [0.2, 0.25) is 0 Å². The van der Waals surface area contributed by atoms with Gasteiger partial charge < -0.3 is 15.7 Å². The molecule has 2 rings (SSSR count). The van der Waals surface area contributed by atoms with E-state index < -0.39 is 11.5 Å². The minimum Gasteiger partial charge on any atom is -0.481 e. The molecule has 0 spiro atoms. The molecule has 1 aromatic rings. The minimum absolute atomic E-state index is 0.0118. The molecule has 0 unspecified atom stereocenters. The summed E-state index contributed by atoms with van der Waals surface area (Å²) in [6.45, 7) is 0.495. The molecule has 7 nitrogen and oxygen atoms in total. The number of carboxylic acids is 1. The number of amides is 2. The number of carboxylic acid groups (broad SMARTS) is 1. The molecule has 21 heavy (non-hydrogen) atoms. The summed E-state index contributed by atoms with van der Waals surface area (Å²) in [5.74, 6) is -0.868. The van der Waals surface area contributed by atoms with Crippen molar-refractivity contribution in [2.24, 2.45) is 7.05 Å². The van der Waals surface area contributed by atoms with Gasteiger partial charge in [0.1, 0.15) is 0 Å². The van der Waals surface area contributed by atoms with Crippen LogP contribution in [0.2, 0.25) is 0 Å². The van der Waals surface area contributed by atoms with Crippen molar-refractivity contribution in [1.29, 1.82) is 0 Å². The number of aromatic nitrogens is 2. The molecule has 116 valence electrons. The predicted octanol–water partition coefficient (Wildman–Crippen LogP) is 1.05. The molecule has 1 aliphatic rings. The van der Waals surface area contributed by atoms with E-state index in [1.54, 1.807) is 10.9 Å². The van der Waals surface area contributed by atoms with Crippen molar-refractivity contribution in [3.63, 3.8) is 0 Å². The van der Waals surface area contributed by atoms with E-state index in [1.807, 2.05) is 13.1 Å². The topological polar surface area (TPSA) is 96.3 Å². The SMILES string of the molecule is Cn1nccc1CCNC(=O)NC1(CC(=O)O)CCCC1. The normalized spacial score (nSPS) is 16.6. The number of nitrogens with one attached hydrogen (secondary N) is 2. The summed E-state index contributed by atoms with van der Waals surface area (Å²) in [7, 11) is 1.86. The number of aryl methyl sites for hydroxylation is 1. The smallest absolute Gasteiger partial charge is 0.315 e. The maximum absolute atomic E-state index is 12.0. The van der Waals surface area contributed by atoms with Crippen LogP contribution >= 0.6 is 0 Å². The number of carbonyl (C=O) groups is 2. The third-order valence-electron chi connectivity index (χ3n) is 4.02. The third-order valence-corrected chi connectivity index (χ3v) is 4.02. The van der Waals surface area contributed by atoms with Crippen LogP contribution in [-0.2, 0) is 18.3 Å². The van der Waals surface area contributed by atoms with Crippen molar-refractivity contribution in [2.45, 2.75) is 44.1 Å². The van der Waals surface area contributed by atoms with Gasteiger partial charge in [-0.2, -0.15) is 5.10 Å². The van der Waals surface area contributed by atoms with Gasteiger partial charge in [0.25, 0.3) is 0 Å². The lowest BCUT2D eigenvalue weighted by Crippen LogP contribution is -2.51. The van der Waals surface area contributed by atoms with Crippen molar-refractivity contribution in [2.75, 3.05) is 6.54 Å². The zero-order chi connectivity index (χ0) is 15.3. The highest BCUT2D eigenvalue weighted by molar-refractivity contribution is 5.76. The maximum atomic E-state index is 12.0. The molecule has 1 aliphatic carbocycles. The summed E-state index contributed by atoms with van der Waals surface area (Å²) in [6, 6.07) is 1.61. The Hall–Kier alpha value is -2.05. The Bertz CT molecular complexity index is 506. The van der Waals surface area contributed by atoms with Crippen LogP contribution in [0.4, 0.5) is 4.79 Å². The summed E-state index contributed by atoms with van der Waals surface area (Å²) in [6.07, 6.45) is 5.78. The number of hydrogen-bond donors (Lipinski definition) is 3. The lowest BCUT2D eigenvalue weighted by molar-refractivity contribution is -0.138. The van der Waals surface area contributed by atoms with E-state index in [2.05, 4.69) is 15.7 Å². The monoisotopic (exact) mass is 294 g/mol. The fourth-order valence-corrected chi connectivity index (χ4v) is 2.92. The van der Waals surface area contributed by atoms with E-state index in [0.717, 1.165) is 31.4 Å². The molecule has 0 bridgehead atoms. The summed E-state index contributed by atoms with van der Waals surface area (Å²) in [5.41, 5.74) is 0.457. The van der Waals surface area contributed by atoms with Gasteiger partial charge in [-0.25, -0.2) is 4.79 Å². The van der Waals surface area contributed by atoms with E-state index in [1.165, 1.54) is 0 Å². The molecule has 7 heteroatoms. The first-order chi connectivity index (χ1) is 10.0. The minimum atomic E-state index is -0.868. The molecule has 0 atom stereocenters. The molecule has 1 saturated carbocycles. The van der Waals surface area contributed by atoms with E-state index in [0.29, 0.717) is 13.0 Å². The van der Waals surface area contributed by atoms with Gasteiger partial charge in [-0.3, -0.25) is 9.48 Å². The zero-order valence-corrected chi connectivity index (χ0v) is 12.3. The second-order valence-electron chi connectivity index (χ2n) is 5.64. The number of hydrogen-bond acceptors (Lipinski definition) is 3. The van der Waals surface area contributed by atoms with Crippen LogP contribution in [0.15, 0.2) is 12.3 Å². The number of carbonyl (C=O) groups excluding carboxylic acids is 1. The van der Waals surface area contributed by atoms with Crippen LogP contribution in [0.3, 0.4) is 0 Å². The Morgan fingerprint density at radius 2 is 2.14 bits per heavy atom. The van der Waals surface area contributed by atoms with Crippen LogP contribution < -0.4 is 10.6 Å². The van der Waals surface area contributed by atoms with Crippen LogP contribution in [0.1, 0.15) is 37.8 Å². The molecule has 0 radical (unpaired) electrons. The molecule has 3 N–H and O–H groups in total. The van der Waals surface area contributed by atoms with Crippen molar-refractivity contribution < 1.29 is 14.7 Å². The quantitative estimate of drug-likeness (QED) is 0.730. The van der Waals surface area contributed by atoms with Crippen LogP contribution in [-0.4, -0.2) is 39.0 Å². The van der Waals surface area contributed by atoms with E-state index >= 15 is 0 Å². The molecule has 2 amide bonds. The first-order valence-corrected chi connectivity index (χ1v) is 7.25. The maximum Gasteiger partial charge on any atom is 0.315 e. The van der Waals surface area contributed by atoms with Gasteiger partial charge in [-0.15, -0.1) is 0 Å². The van der Waals surface area contributed by atoms with Crippen molar-refractivity contribution in [1.82, 2.24) is 20.4 Å². The highest BCUT2D eigenvalue weighted by Crippen LogP contribution is 2.32. The Kier molecular flexibility index (Phi) is 4.82. The van der Waals surface area contributed by atoms with Gasteiger partial charge in [0.15, 0.2) is 0 Å². The molecule has 0 aromatic carbocycles. The highest BCUT2D eigenvalue weighted by atomic mass is 16.4. The van der Waals surface area contributed by atoms with Crippen molar-refractivity contribution in [3.05, 3.63) is 18.0 Å². The molecular weight excluding hydrogens is 272 g/mol. The zero-order valence-electron chi connectivity index (χ0n) is 12.3. The van der Waals surface area contributed by atoms with Gasteiger partial charge >= 0.3 is 12.0 Å². The molecule has 0 aliphatic heterocycles. The summed E-state index contributed by atoms with van der Waals surface area (Å²) < 4.78 is 1.77. The van der Waals surface area contributed by atoms with Gasteiger partial charge in [-0.05, 0) is 18.9 Å². The van der Waals surface area contributed by atoms with Crippen LogP contribution in [0.5, 0.6) is 0 Å². The second kappa shape index (κ2) is 6.60. The number of rotatable bonds is 6. The average molecular weight is 294 g/mol. The van der Waals surface area contributed by atoms with Gasteiger partial charge in [-0.1, -0.05) is 12.8 Å². The average Bonchev–Trinajstić information content (AvgIpc) is 2.99. The van der Waals surface area contributed by atoms with Crippen molar-refractivity contribution in [3.8, 4) is 0 Å². The van der Waals surface area contributed by atoms with Crippen molar-refractivity contribution >= 4 is 12.0 Å². The standard InChI is InChI=1S/C14H22N4O3/c1-18-11(5-9-16-18)4-8-15-13(21)17-14(10-12(19)20)6-2-3-7-14/h5,9H,2-4,6-8,10H2,1H3,(H,19,20)(H2,15,17,21). The fraction of sp³-hybridized carbons (Fsp3) is 0.643. The van der Waals surface area contributed by atoms with E-state index in [9.17, 15) is 9.59 Å². The molecule has 1 heterocycles. The highest BCUT2D eigenvalue weighted by Gasteiger charge is 2.37. The second-order valence-corrected chi connectivity index (χ2v) is 5.64. The molecule has 1 fully saturated rings.